The highest BCUT2D eigenvalue weighted by atomic mass is 16.6. The van der Waals surface area contributed by atoms with Crippen LogP contribution in [0.25, 0.3) is 0 Å². The summed E-state index contributed by atoms with van der Waals surface area (Å²) in [6.07, 6.45) is 3.33. The van der Waals surface area contributed by atoms with E-state index < -0.39 is 29.4 Å². The van der Waals surface area contributed by atoms with Crippen molar-refractivity contribution < 1.29 is 24.0 Å². The van der Waals surface area contributed by atoms with Gasteiger partial charge in [0.1, 0.15) is 0 Å². The number of ketones is 1. The fourth-order valence-electron chi connectivity index (χ4n) is 3.80. The van der Waals surface area contributed by atoms with E-state index in [1.54, 1.807) is 6.07 Å². The summed E-state index contributed by atoms with van der Waals surface area (Å²) < 4.78 is 5.18. The first-order valence-electron chi connectivity index (χ1n) is 10.9. The Morgan fingerprint density at radius 1 is 1.09 bits per heavy atom. The SMILES string of the molecule is CC(=O)C(Cc1ccccc1)NC(=O)COC(=O)c1cc([N+](=O)[O-])ccc1N1CCCCC1. The van der Waals surface area contributed by atoms with Gasteiger partial charge in [0.2, 0.25) is 0 Å². The van der Waals surface area contributed by atoms with Crippen LogP contribution in [0.5, 0.6) is 0 Å². The lowest BCUT2D eigenvalue weighted by molar-refractivity contribution is -0.384. The largest absolute Gasteiger partial charge is 0.452 e. The Hall–Kier alpha value is -3.75. The molecule has 1 N–H and O–H groups in total. The van der Waals surface area contributed by atoms with Crippen LogP contribution in [0.3, 0.4) is 0 Å². The lowest BCUT2D eigenvalue weighted by Gasteiger charge is -2.30. The summed E-state index contributed by atoms with van der Waals surface area (Å²) in [7, 11) is 0. The summed E-state index contributed by atoms with van der Waals surface area (Å²) in [4.78, 5) is 49.8. The van der Waals surface area contributed by atoms with Crippen LogP contribution in [-0.2, 0) is 20.7 Å². The highest BCUT2D eigenvalue weighted by Gasteiger charge is 2.24. The number of piperidine rings is 1. The molecule has 1 unspecified atom stereocenters. The number of carbonyl (C=O) groups is 3. The second kappa shape index (κ2) is 11.2. The molecule has 9 nitrogen and oxygen atoms in total. The van der Waals surface area contributed by atoms with E-state index in [1.807, 2.05) is 35.2 Å². The lowest BCUT2D eigenvalue weighted by atomic mass is 10.0. The molecular weight excluding hydrogens is 426 g/mol. The molecule has 1 aliphatic rings. The molecule has 2 aromatic carbocycles. The van der Waals surface area contributed by atoms with Crippen molar-refractivity contribution >= 4 is 29.0 Å². The van der Waals surface area contributed by atoms with E-state index in [0.29, 0.717) is 12.1 Å². The molecule has 0 aliphatic carbocycles. The number of hydrogen-bond acceptors (Lipinski definition) is 7. The number of nitro benzene ring substituents is 1. The fraction of sp³-hybridized carbons (Fsp3) is 0.375. The average molecular weight is 453 g/mol. The number of ether oxygens (including phenoxy) is 1. The molecule has 3 rings (SSSR count). The lowest BCUT2D eigenvalue weighted by Crippen LogP contribution is -2.43. The Morgan fingerprint density at radius 3 is 2.42 bits per heavy atom. The Kier molecular flexibility index (Phi) is 8.12. The molecule has 0 radical (unpaired) electrons. The van der Waals surface area contributed by atoms with Gasteiger partial charge in [-0.2, -0.15) is 0 Å². The van der Waals surface area contributed by atoms with Crippen LogP contribution >= 0.6 is 0 Å². The molecule has 2 aromatic rings. The first kappa shape index (κ1) is 23.9. The van der Waals surface area contributed by atoms with Crippen LogP contribution in [0, 0.1) is 10.1 Å². The third kappa shape index (κ3) is 6.61. The fourth-order valence-corrected chi connectivity index (χ4v) is 3.80. The van der Waals surface area contributed by atoms with E-state index in [-0.39, 0.29) is 17.0 Å². The summed E-state index contributed by atoms with van der Waals surface area (Å²) in [5, 5.41) is 13.8. The smallest absolute Gasteiger partial charge is 0.341 e. The number of benzene rings is 2. The number of non-ortho nitro benzene ring substituents is 1. The summed E-state index contributed by atoms with van der Waals surface area (Å²) in [5.74, 6) is -1.66. The Bertz CT molecular complexity index is 1020. The molecule has 174 valence electrons. The van der Waals surface area contributed by atoms with Crippen LogP contribution in [0.1, 0.15) is 42.1 Å². The number of nitro groups is 1. The number of Topliss-reactive ketones (excluding diaryl/α,β-unsaturated/α-hetero) is 1. The molecule has 1 aliphatic heterocycles. The van der Waals surface area contributed by atoms with Crippen LogP contribution < -0.4 is 10.2 Å². The van der Waals surface area contributed by atoms with E-state index in [0.717, 1.165) is 37.9 Å². The molecule has 0 bridgehead atoms. The molecule has 1 saturated heterocycles. The number of hydrogen-bond donors (Lipinski definition) is 1. The van der Waals surface area contributed by atoms with Gasteiger partial charge in [0.05, 0.1) is 22.2 Å². The monoisotopic (exact) mass is 453 g/mol. The number of nitrogens with one attached hydrogen (secondary N) is 1. The van der Waals surface area contributed by atoms with Crippen molar-refractivity contribution in [3.63, 3.8) is 0 Å². The second-order valence-electron chi connectivity index (χ2n) is 8.00. The van der Waals surface area contributed by atoms with E-state index in [4.69, 9.17) is 4.74 Å². The molecule has 33 heavy (non-hydrogen) atoms. The van der Waals surface area contributed by atoms with Gasteiger partial charge >= 0.3 is 5.97 Å². The van der Waals surface area contributed by atoms with Gasteiger partial charge in [-0.1, -0.05) is 30.3 Å². The average Bonchev–Trinajstić information content (AvgIpc) is 2.82. The summed E-state index contributed by atoms with van der Waals surface area (Å²) >= 11 is 0. The van der Waals surface area contributed by atoms with Gasteiger partial charge < -0.3 is 15.0 Å². The van der Waals surface area contributed by atoms with Crippen molar-refractivity contribution in [1.29, 1.82) is 0 Å². The van der Waals surface area contributed by atoms with Gasteiger partial charge in [0, 0.05) is 25.2 Å². The minimum atomic E-state index is -0.822. The Balaban J connectivity index is 1.67. The molecular formula is C24H27N3O6. The third-order valence-electron chi connectivity index (χ3n) is 5.55. The first-order chi connectivity index (χ1) is 15.8. The quantitative estimate of drug-likeness (QED) is 0.352. The highest BCUT2D eigenvalue weighted by Crippen LogP contribution is 2.28. The van der Waals surface area contributed by atoms with Crippen molar-refractivity contribution in [1.82, 2.24) is 5.32 Å². The maximum absolute atomic E-state index is 12.8. The minimum absolute atomic E-state index is 0.0475. The zero-order chi connectivity index (χ0) is 23.8. The van der Waals surface area contributed by atoms with Gasteiger partial charge in [0.25, 0.3) is 11.6 Å². The van der Waals surface area contributed by atoms with Crippen LogP contribution in [0.15, 0.2) is 48.5 Å². The van der Waals surface area contributed by atoms with E-state index in [2.05, 4.69) is 5.32 Å². The molecule has 1 heterocycles. The van der Waals surface area contributed by atoms with Crippen molar-refractivity contribution in [2.45, 2.75) is 38.6 Å². The van der Waals surface area contributed by atoms with Crippen LogP contribution in [-0.4, -0.2) is 48.3 Å². The molecule has 0 saturated carbocycles. The van der Waals surface area contributed by atoms with Gasteiger partial charge in [-0.3, -0.25) is 19.7 Å². The van der Waals surface area contributed by atoms with Crippen molar-refractivity contribution in [3.8, 4) is 0 Å². The number of esters is 1. The predicted octanol–water partition coefficient (Wildman–Crippen LogP) is 3.06. The topological polar surface area (TPSA) is 119 Å². The summed E-state index contributed by atoms with van der Waals surface area (Å²) in [6, 6.07) is 12.6. The van der Waals surface area contributed by atoms with Gasteiger partial charge in [0.15, 0.2) is 12.4 Å². The number of anilines is 1. The zero-order valence-electron chi connectivity index (χ0n) is 18.5. The number of nitrogens with zero attached hydrogens (tertiary/aromatic N) is 2. The molecule has 9 heteroatoms. The maximum atomic E-state index is 12.8. The number of rotatable bonds is 9. The predicted molar refractivity (Wildman–Crippen MR) is 122 cm³/mol. The standard InChI is InChI=1S/C24H27N3O6/c1-17(28)21(14-18-8-4-2-5-9-18)25-23(29)16-33-24(30)20-15-19(27(31)32)10-11-22(20)26-12-6-3-7-13-26/h2,4-5,8-11,15,21H,3,6-7,12-14,16H2,1H3,(H,25,29). The van der Waals surface area contributed by atoms with Crippen LogP contribution in [0.2, 0.25) is 0 Å². The van der Waals surface area contributed by atoms with Gasteiger partial charge in [-0.05, 0) is 44.2 Å². The Labute approximate surface area is 191 Å². The first-order valence-corrected chi connectivity index (χ1v) is 10.9. The number of amides is 1. The summed E-state index contributed by atoms with van der Waals surface area (Å²) in [6.45, 7) is 2.25. The maximum Gasteiger partial charge on any atom is 0.341 e. The van der Waals surface area contributed by atoms with E-state index in [9.17, 15) is 24.5 Å². The minimum Gasteiger partial charge on any atom is -0.452 e. The van der Waals surface area contributed by atoms with Crippen LogP contribution in [0.4, 0.5) is 11.4 Å². The van der Waals surface area contributed by atoms with Gasteiger partial charge in [-0.25, -0.2) is 4.79 Å². The molecule has 1 amide bonds. The highest BCUT2D eigenvalue weighted by molar-refractivity contribution is 5.98. The van der Waals surface area contributed by atoms with Crippen molar-refractivity contribution in [2.75, 3.05) is 24.6 Å². The normalized spacial score (nSPS) is 14.3. The van der Waals surface area contributed by atoms with E-state index in [1.165, 1.54) is 19.1 Å². The molecule has 1 fully saturated rings. The summed E-state index contributed by atoms with van der Waals surface area (Å²) in [5.41, 5.74) is 1.26. The number of carbonyl (C=O) groups excluding carboxylic acids is 3. The molecule has 0 spiro atoms. The zero-order valence-corrected chi connectivity index (χ0v) is 18.5. The van der Waals surface area contributed by atoms with Crippen molar-refractivity contribution in [2.24, 2.45) is 0 Å². The van der Waals surface area contributed by atoms with E-state index >= 15 is 0 Å². The van der Waals surface area contributed by atoms with Gasteiger partial charge in [-0.15, -0.1) is 0 Å². The third-order valence-corrected chi connectivity index (χ3v) is 5.55. The molecule has 0 aromatic heterocycles. The second-order valence-corrected chi connectivity index (χ2v) is 8.00. The Morgan fingerprint density at radius 2 is 1.79 bits per heavy atom. The molecule has 1 atom stereocenters. The van der Waals surface area contributed by atoms with Crippen molar-refractivity contribution in [3.05, 3.63) is 69.8 Å².